The summed E-state index contributed by atoms with van der Waals surface area (Å²) in [6.45, 7) is 1.87. The first-order valence-corrected chi connectivity index (χ1v) is 5.54. The third-order valence-corrected chi connectivity index (χ3v) is 2.39. The Bertz CT molecular complexity index is 533. The fourth-order valence-corrected chi connectivity index (χ4v) is 1.47. The molecule has 6 heteroatoms. The second kappa shape index (κ2) is 5.42. The highest BCUT2D eigenvalue weighted by Crippen LogP contribution is 2.08. The number of aryl methyl sites for hydroxylation is 1. The molecule has 1 heterocycles. The number of aliphatic hydroxyl groups is 1. The zero-order chi connectivity index (χ0) is 13.0. The van der Waals surface area contributed by atoms with E-state index in [0.29, 0.717) is 5.69 Å². The molecule has 94 valence electrons. The van der Waals surface area contributed by atoms with Crippen molar-refractivity contribution in [3.8, 4) is 0 Å². The molecule has 0 radical (unpaired) electrons. The number of benzene rings is 1. The van der Waals surface area contributed by atoms with Crippen LogP contribution in [0.1, 0.15) is 11.3 Å². The van der Waals surface area contributed by atoms with Gasteiger partial charge in [0.05, 0.1) is 12.8 Å². The van der Waals surface area contributed by atoms with Crippen LogP contribution in [0.15, 0.2) is 30.5 Å². The number of aliphatic hydroxyl groups excluding tert-OH is 1. The molecule has 0 aliphatic heterocycles. The molecule has 0 fully saturated rings. The molecule has 6 nitrogen and oxygen atoms in total. The van der Waals surface area contributed by atoms with Crippen LogP contribution in [0.2, 0.25) is 0 Å². The molecular weight excluding hydrogens is 232 g/mol. The monoisotopic (exact) mass is 246 g/mol. The van der Waals surface area contributed by atoms with Crippen LogP contribution in [0.25, 0.3) is 0 Å². The number of nitrogens with one attached hydrogen (secondary N) is 1. The Hall–Kier alpha value is -2.21. The molecule has 1 aromatic carbocycles. The van der Waals surface area contributed by atoms with Gasteiger partial charge in [-0.1, -0.05) is 22.9 Å². The van der Waals surface area contributed by atoms with Gasteiger partial charge in [-0.25, -0.2) is 4.68 Å². The van der Waals surface area contributed by atoms with Gasteiger partial charge in [-0.2, -0.15) is 0 Å². The van der Waals surface area contributed by atoms with Crippen molar-refractivity contribution in [2.24, 2.45) is 0 Å². The number of amides is 1. The van der Waals surface area contributed by atoms with Crippen molar-refractivity contribution in [2.45, 2.75) is 20.1 Å². The third-order valence-electron chi connectivity index (χ3n) is 2.39. The predicted molar refractivity (Wildman–Crippen MR) is 65.8 cm³/mol. The van der Waals surface area contributed by atoms with E-state index in [1.165, 1.54) is 10.9 Å². The van der Waals surface area contributed by atoms with Crippen LogP contribution in [0.3, 0.4) is 0 Å². The van der Waals surface area contributed by atoms with Gasteiger partial charge in [0.1, 0.15) is 12.2 Å². The fourth-order valence-electron chi connectivity index (χ4n) is 1.47. The Morgan fingerprint density at radius 1 is 1.39 bits per heavy atom. The van der Waals surface area contributed by atoms with E-state index in [0.717, 1.165) is 11.3 Å². The van der Waals surface area contributed by atoms with E-state index in [1.807, 2.05) is 31.2 Å². The smallest absolute Gasteiger partial charge is 0.246 e. The maximum absolute atomic E-state index is 11.7. The highest BCUT2D eigenvalue weighted by Gasteiger charge is 2.05. The minimum absolute atomic E-state index is 0.0703. The summed E-state index contributed by atoms with van der Waals surface area (Å²) in [6.07, 6.45) is 1.54. The van der Waals surface area contributed by atoms with Crippen molar-refractivity contribution in [3.05, 3.63) is 41.7 Å². The summed E-state index contributed by atoms with van der Waals surface area (Å²) in [5, 5.41) is 19.0. The van der Waals surface area contributed by atoms with E-state index < -0.39 is 0 Å². The Labute approximate surface area is 104 Å². The first-order valence-electron chi connectivity index (χ1n) is 5.54. The molecule has 2 aromatic rings. The summed E-state index contributed by atoms with van der Waals surface area (Å²) in [4.78, 5) is 11.7. The summed E-state index contributed by atoms with van der Waals surface area (Å²) < 4.78 is 1.38. The van der Waals surface area contributed by atoms with Gasteiger partial charge in [0.2, 0.25) is 5.91 Å². The maximum atomic E-state index is 11.7. The highest BCUT2D eigenvalue weighted by atomic mass is 16.3. The molecular formula is C12H14N4O2. The molecule has 0 saturated heterocycles. The lowest BCUT2D eigenvalue weighted by Crippen LogP contribution is -2.19. The van der Waals surface area contributed by atoms with E-state index in [1.54, 1.807) is 0 Å². The molecule has 1 amide bonds. The van der Waals surface area contributed by atoms with Crippen molar-refractivity contribution < 1.29 is 9.90 Å². The summed E-state index contributed by atoms with van der Waals surface area (Å²) in [5.41, 5.74) is 2.32. The van der Waals surface area contributed by atoms with E-state index in [2.05, 4.69) is 15.6 Å². The number of rotatable bonds is 4. The zero-order valence-corrected chi connectivity index (χ0v) is 10.00. The minimum atomic E-state index is -0.187. The number of carbonyl (C=O) groups excluding carboxylic acids is 1. The SMILES string of the molecule is Cc1ccc(NC(=O)Cn2cc(CO)nn2)cc1. The Kier molecular flexibility index (Phi) is 3.69. The van der Waals surface area contributed by atoms with Crippen LogP contribution in [0.4, 0.5) is 5.69 Å². The number of carbonyl (C=O) groups is 1. The third kappa shape index (κ3) is 3.14. The summed E-state index contributed by atoms with van der Waals surface area (Å²) in [5.74, 6) is -0.187. The van der Waals surface area contributed by atoms with Gasteiger partial charge >= 0.3 is 0 Å². The van der Waals surface area contributed by atoms with Crippen molar-refractivity contribution in [1.29, 1.82) is 0 Å². The molecule has 0 saturated carbocycles. The standard InChI is InChI=1S/C12H14N4O2/c1-9-2-4-10(5-3-9)13-12(18)7-16-6-11(8-17)14-15-16/h2-6,17H,7-8H2,1H3,(H,13,18). The van der Waals surface area contributed by atoms with Crippen LogP contribution < -0.4 is 5.32 Å². The first-order chi connectivity index (χ1) is 8.67. The normalized spacial score (nSPS) is 10.3. The number of hydrogen-bond acceptors (Lipinski definition) is 4. The van der Waals surface area contributed by atoms with E-state index in [9.17, 15) is 4.79 Å². The number of hydrogen-bond donors (Lipinski definition) is 2. The zero-order valence-electron chi connectivity index (χ0n) is 10.00. The highest BCUT2D eigenvalue weighted by molar-refractivity contribution is 5.90. The lowest BCUT2D eigenvalue weighted by atomic mass is 10.2. The fraction of sp³-hybridized carbons (Fsp3) is 0.250. The molecule has 0 atom stereocenters. The van der Waals surface area contributed by atoms with Crippen molar-refractivity contribution >= 4 is 11.6 Å². The Morgan fingerprint density at radius 2 is 2.11 bits per heavy atom. The predicted octanol–water partition coefficient (Wildman–Crippen LogP) is 0.718. The Morgan fingerprint density at radius 3 is 2.72 bits per heavy atom. The van der Waals surface area contributed by atoms with Gasteiger partial charge in [0, 0.05) is 5.69 Å². The second-order valence-corrected chi connectivity index (χ2v) is 3.98. The number of aromatic nitrogens is 3. The summed E-state index contributed by atoms with van der Waals surface area (Å²) in [7, 11) is 0. The molecule has 0 bridgehead atoms. The van der Waals surface area contributed by atoms with Gasteiger partial charge in [0.25, 0.3) is 0 Å². The van der Waals surface area contributed by atoms with Gasteiger partial charge in [-0.15, -0.1) is 5.10 Å². The van der Waals surface area contributed by atoms with Crippen LogP contribution in [0.5, 0.6) is 0 Å². The molecule has 2 rings (SSSR count). The van der Waals surface area contributed by atoms with Gasteiger partial charge in [-0.05, 0) is 19.1 Å². The molecule has 1 aromatic heterocycles. The Balaban J connectivity index is 1.94. The first kappa shape index (κ1) is 12.3. The largest absolute Gasteiger partial charge is 0.390 e. The lowest BCUT2D eigenvalue weighted by Gasteiger charge is -2.05. The average Bonchev–Trinajstić information content (AvgIpc) is 2.79. The summed E-state index contributed by atoms with van der Waals surface area (Å²) in [6, 6.07) is 7.53. The van der Waals surface area contributed by atoms with Gasteiger partial charge in [-0.3, -0.25) is 4.79 Å². The molecule has 0 aliphatic carbocycles. The van der Waals surface area contributed by atoms with Crippen LogP contribution in [-0.2, 0) is 17.9 Å². The second-order valence-electron chi connectivity index (χ2n) is 3.98. The van der Waals surface area contributed by atoms with E-state index in [-0.39, 0.29) is 19.1 Å². The van der Waals surface area contributed by atoms with Crippen LogP contribution in [0, 0.1) is 6.92 Å². The molecule has 2 N–H and O–H groups in total. The molecule has 0 unspecified atom stereocenters. The van der Waals surface area contributed by atoms with Crippen molar-refractivity contribution in [3.63, 3.8) is 0 Å². The minimum Gasteiger partial charge on any atom is -0.390 e. The molecule has 0 spiro atoms. The maximum Gasteiger partial charge on any atom is 0.246 e. The summed E-state index contributed by atoms with van der Waals surface area (Å²) >= 11 is 0. The lowest BCUT2D eigenvalue weighted by molar-refractivity contribution is -0.116. The van der Waals surface area contributed by atoms with Crippen LogP contribution >= 0.6 is 0 Å². The quantitative estimate of drug-likeness (QED) is 0.833. The average molecular weight is 246 g/mol. The van der Waals surface area contributed by atoms with E-state index >= 15 is 0 Å². The topological polar surface area (TPSA) is 80.0 Å². The molecule has 18 heavy (non-hydrogen) atoms. The van der Waals surface area contributed by atoms with Gasteiger partial charge < -0.3 is 10.4 Å². The molecule has 0 aliphatic rings. The van der Waals surface area contributed by atoms with Gasteiger partial charge in [0.15, 0.2) is 0 Å². The number of anilines is 1. The van der Waals surface area contributed by atoms with Crippen molar-refractivity contribution in [2.75, 3.05) is 5.32 Å². The van der Waals surface area contributed by atoms with E-state index in [4.69, 9.17) is 5.11 Å². The van der Waals surface area contributed by atoms with Crippen LogP contribution in [-0.4, -0.2) is 26.0 Å². The number of nitrogens with zero attached hydrogens (tertiary/aromatic N) is 3. The van der Waals surface area contributed by atoms with Crippen molar-refractivity contribution in [1.82, 2.24) is 15.0 Å².